The van der Waals surface area contributed by atoms with Crippen LogP contribution in [0.4, 0.5) is 0 Å². The van der Waals surface area contributed by atoms with Crippen molar-refractivity contribution in [1.82, 2.24) is 9.46 Å². The minimum atomic E-state index is -3.51. The highest BCUT2D eigenvalue weighted by Crippen LogP contribution is 2.36. The van der Waals surface area contributed by atoms with E-state index in [9.17, 15) is 8.42 Å². The van der Waals surface area contributed by atoms with Crippen LogP contribution in [0.3, 0.4) is 0 Å². The van der Waals surface area contributed by atoms with E-state index in [1.165, 1.54) is 0 Å². The maximum Gasteiger partial charge on any atom is 0.243 e. The molecule has 1 aromatic heterocycles. The minimum absolute atomic E-state index is 0.236. The van der Waals surface area contributed by atoms with Gasteiger partial charge in [0.15, 0.2) is 0 Å². The van der Waals surface area contributed by atoms with Gasteiger partial charge in [0.25, 0.3) is 0 Å². The third-order valence-electron chi connectivity index (χ3n) is 4.29. The molecule has 0 N–H and O–H groups in total. The van der Waals surface area contributed by atoms with Gasteiger partial charge in [0.2, 0.25) is 10.0 Å². The molecular formula is C17H22N2O3S. The van der Waals surface area contributed by atoms with Gasteiger partial charge in [-0.1, -0.05) is 36.7 Å². The van der Waals surface area contributed by atoms with E-state index >= 15 is 0 Å². The Hall–Kier alpha value is -1.66. The molecule has 1 aliphatic rings. The molecule has 0 bridgehead atoms. The van der Waals surface area contributed by atoms with Gasteiger partial charge in [-0.15, -0.1) is 0 Å². The van der Waals surface area contributed by atoms with Crippen molar-refractivity contribution in [2.45, 2.75) is 50.5 Å². The van der Waals surface area contributed by atoms with Gasteiger partial charge < -0.3 is 4.52 Å². The molecule has 0 saturated carbocycles. The van der Waals surface area contributed by atoms with Crippen LogP contribution in [-0.4, -0.2) is 24.4 Å². The molecule has 23 heavy (non-hydrogen) atoms. The predicted octanol–water partition coefficient (Wildman–Crippen LogP) is 3.63. The van der Waals surface area contributed by atoms with Gasteiger partial charge in [0.1, 0.15) is 11.5 Å². The maximum atomic E-state index is 12.9. The second kappa shape index (κ2) is 6.09. The van der Waals surface area contributed by atoms with Crippen molar-refractivity contribution in [3.8, 4) is 0 Å². The summed E-state index contributed by atoms with van der Waals surface area (Å²) in [6.45, 7) is 6.52. The molecule has 0 spiro atoms. The number of hydrogen-bond acceptors (Lipinski definition) is 4. The van der Waals surface area contributed by atoms with Crippen molar-refractivity contribution in [3.63, 3.8) is 0 Å². The highest BCUT2D eigenvalue weighted by molar-refractivity contribution is 7.89. The molecule has 3 rings (SSSR count). The zero-order valence-corrected chi connectivity index (χ0v) is 14.5. The van der Waals surface area contributed by atoms with Gasteiger partial charge in [-0.3, -0.25) is 0 Å². The highest BCUT2D eigenvalue weighted by atomic mass is 32.2. The Morgan fingerprint density at radius 3 is 2.57 bits per heavy atom. The number of hydrogen-bond donors (Lipinski definition) is 0. The molecule has 2 heterocycles. The van der Waals surface area contributed by atoms with Crippen LogP contribution in [0.25, 0.3) is 0 Å². The molecule has 124 valence electrons. The van der Waals surface area contributed by atoms with Crippen molar-refractivity contribution in [3.05, 3.63) is 47.3 Å². The molecule has 1 aromatic carbocycles. The smallest absolute Gasteiger partial charge is 0.243 e. The second-order valence-electron chi connectivity index (χ2n) is 6.40. The maximum absolute atomic E-state index is 12.9. The Morgan fingerprint density at radius 1 is 1.26 bits per heavy atom. The number of benzene rings is 1. The third-order valence-corrected chi connectivity index (χ3v) is 6.21. The second-order valence-corrected chi connectivity index (χ2v) is 8.29. The molecule has 6 heteroatoms. The van der Waals surface area contributed by atoms with Crippen molar-refractivity contribution in [2.24, 2.45) is 0 Å². The lowest BCUT2D eigenvalue weighted by atomic mass is 10.1. The largest absolute Gasteiger partial charge is 0.361 e. The summed E-state index contributed by atoms with van der Waals surface area (Å²) in [5.74, 6) is 1.03. The van der Waals surface area contributed by atoms with Crippen LogP contribution in [-0.2, 0) is 10.0 Å². The van der Waals surface area contributed by atoms with E-state index in [-0.39, 0.29) is 12.0 Å². The van der Waals surface area contributed by atoms with Crippen LogP contribution < -0.4 is 0 Å². The van der Waals surface area contributed by atoms with E-state index in [1.807, 2.05) is 39.0 Å². The van der Waals surface area contributed by atoms with E-state index in [1.54, 1.807) is 16.4 Å². The molecule has 5 nitrogen and oxygen atoms in total. The summed E-state index contributed by atoms with van der Waals surface area (Å²) in [5.41, 5.74) is 1.75. The molecule has 0 amide bonds. The van der Waals surface area contributed by atoms with E-state index in [4.69, 9.17) is 4.52 Å². The third kappa shape index (κ3) is 3.05. The first-order valence-electron chi connectivity index (χ1n) is 7.94. The van der Waals surface area contributed by atoms with Crippen molar-refractivity contribution in [2.75, 3.05) is 6.54 Å². The average Bonchev–Trinajstić information content (AvgIpc) is 3.16. The van der Waals surface area contributed by atoms with Crippen LogP contribution >= 0.6 is 0 Å². The summed E-state index contributed by atoms with van der Waals surface area (Å²) in [5, 5.41) is 4.11. The first-order valence-corrected chi connectivity index (χ1v) is 9.38. The Morgan fingerprint density at radius 2 is 1.96 bits per heavy atom. The standard InChI is InChI=1S/C17H22N2O3S/c1-12(2)17-11-15(18-22-17)16-5-4-10-19(16)23(20,21)14-8-6-13(3)7-9-14/h6-9,11-12,16H,4-5,10H2,1-3H3. The SMILES string of the molecule is Cc1ccc(S(=O)(=O)N2CCCC2c2cc(C(C)C)on2)cc1. The first-order chi connectivity index (χ1) is 10.9. The summed E-state index contributed by atoms with van der Waals surface area (Å²) < 4.78 is 32.8. The zero-order valence-electron chi connectivity index (χ0n) is 13.7. The number of sulfonamides is 1. The van der Waals surface area contributed by atoms with Crippen molar-refractivity contribution >= 4 is 10.0 Å². The van der Waals surface area contributed by atoms with E-state index in [0.29, 0.717) is 17.1 Å². The summed E-state index contributed by atoms with van der Waals surface area (Å²) in [7, 11) is -3.51. The van der Waals surface area contributed by atoms with Crippen molar-refractivity contribution in [1.29, 1.82) is 0 Å². The molecule has 0 radical (unpaired) electrons. The Kier molecular flexibility index (Phi) is 4.29. The van der Waals surface area contributed by atoms with E-state index < -0.39 is 10.0 Å². The topological polar surface area (TPSA) is 63.4 Å². The van der Waals surface area contributed by atoms with Gasteiger partial charge in [0, 0.05) is 18.5 Å². The molecule has 1 unspecified atom stereocenters. The lowest BCUT2D eigenvalue weighted by Crippen LogP contribution is -2.30. The lowest BCUT2D eigenvalue weighted by Gasteiger charge is -2.22. The van der Waals surface area contributed by atoms with Crippen LogP contribution in [0.1, 0.15) is 55.7 Å². The summed E-state index contributed by atoms with van der Waals surface area (Å²) in [6, 6.07) is 8.64. The number of nitrogens with zero attached hydrogens (tertiary/aromatic N) is 2. The van der Waals surface area contributed by atoms with Crippen LogP contribution in [0.2, 0.25) is 0 Å². The Labute approximate surface area is 137 Å². The molecule has 0 aliphatic carbocycles. The van der Waals surface area contributed by atoms with Gasteiger partial charge in [-0.05, 0) is 31.9 Å². The predicted molar refractivity (Wildman–Crippen MR) is 87.6 cm³/mol. The Bertz CT molecular complexity index is 778. The fourth-order valence-electron chi connectivity index (χ4n) is 2.90. The molecule has 2 aromatic rings. The van der Waals surface area contributed by atoms with Crippen LogP contribution in [0.5, 0.6) is 0 Å². The summed E-state index contributed by atoms with van der Waals surface area (Å²) >= 11 is 0. The molecule has 1 fully saturated rings. The van der Waals surface area contributed by atoms with Gasteiger partial charge >= 0.3 is 0 Å². The fraction of sp³-hybridized carbons (Fsp3) is 0.471. The van der Waals surface area contributed by atoms with Gasteiger partial charge in [-0.2, -0.15) is 4.31 Å². The van der Waals surface area contributed by atoms with Gasteiger partial charge in [0.05, 0.1) is 10.9 Å². The Balaban J connectivity index is 1.92. The summed E-state index contributed by atoms with van der Waals surface area (Å²) in [6.07, 6.45) is 1.61. The molecule has 1 saturated heterocycles. The molecule has 1 aliphatic heterocycles. The highest BCUT2D eigenvalue weighted by Gasteiger charge is 2.37. The van der Waals surface area contributed by atoms with E-state index in [0.717, 1.165) is 24.2 Å². The normalized spacial score (nSPS) is 19.6. The first kappa shape index (κ1) is 16.2. The zero-order chi connectivity index (χ0) is 16.6. The number of rotatable bonds is 4. The van der Waals surface area contributed by atoms with Crippen molar-refractivity contribution < 1.29 is 12.9 Å². The van der Waals surface area contributed by atoms with Crippen LogP contribution in [0.15, 0.2) is 39.8 Å². The van der Waals surface area contributed by atoms with Gasteiger partial charge in [-0.25, -0.2) is 8.42 Å². The fourth-order valence-corrected chi connectivity index (χ4v) is 4.57. The van der Waals surface area contributed by atoms with E-state index in [2.05, 4.69) is 5.16 Å². The molecular weight excluding hydrogens is 312 g/mol. The quantitative estimate of drug-likeness (QED) is 0.856. The monoisotopic (exact) mass is 334 g/mol. The lowest BCUT2D eigenvalue weighted by molar-refractivity contribution is 0.338. The molecule has 1 atom stereocenters. The number of aromatic nitrogens is 1. The summed E-state index contributed by atoms with van der Waals surface area (Å²) in [4.78, 5) is 0.336. The minimum Gasteiger partial charge on any atom is -0.361 e. The number of aryl methyl sites for hydroxylation is 1. The average molecular weight is 334 g/mol. The van der Waals surface area contributed by atoms with Crippen LogP contribution in [0, 0.1) is 6.92 Å².